The van der Waals surface area contributed by atoms with Gasteiger partial charge in [0.2, 0.25) is 0 Å². The Morgan fingerprint density at radius 1 is 1.22 bits per heavy atom. The van der Waals surface area contributed by atoms with Gasteiger partial charge in [0.1, 0.15) is 0 Å². The van der Waals surface area contributed by atoms with E-state index in [1.807, 2.05) is 0 Å². The molecule has 2 atom stereocenters. The summed E-state index contributed by atoms with van der Waals surface area (Å²) in [5, 5.41) is 7.99. The molecule has 0 radical (unpaired) electrons. The lowest BCUT2D eigenvalue weighted by molar-refractivity contribution is -0.138. The number of amides is 2. The van der Waals surface area contributed by atoms with Crippen LogP contribution in [-0.4, -0.2) is 40.3 Å². The number of hydrogen-bond acceptors (Lipinski definition) is 2. The molecule has 2 heterocycles. The van der Waals surface area contributed by atoms with E-state index >= 15 is 0 Å². The van der Waals surface area contributed by atoms with Gasteiger partial charge in [-0.25, -0.2) is 4.79 Å². The first kappa shape index (κ1) is 19.1. The van der Waals surface area contributed by atoms with Crippen LogP contribution in [-0.2, 0) is 6.18 Å². The van der Waals surface area contributed by atoms with E-state index in [1.165, 1.54) is 18.2 Å². The topological polar surface area (TPSA) is 81.0 Å². The maximum Gasteiger partial charge on any atom is 0.416 e. The molecular formula is C18H21F3N4O2. The molecule has 3 rings (SSSR count). The number of likely N-dealkylation sites (tertiary alicyclic amines) is 1. The smallest absolute Gasteiger partial charge is 0.335 e. The maximum atomic E-state index is 13.2. The van der Waals surface area contributed by atoms with Crippen molar-refractivity contribution in [3.05, 3.63) is 57.5 Å². The highest BCUT2D eigenvalue weighted by atomic mass is 19.4. The lowest BCUT2D eigenvalue weighted by atomic mass is 9.90. The first-order chi connectivity index (χ1) is 12.7. The number of rotatable bonds is 4. The normalized spacial score (nSPS) is 17.3. The second kappa shape index (κ2) is 7.13. The van der Waals surface area contributed by atoms with Gasteiger partial charge in [0.25, 0.3) is 5.56 Å². The van der Waals surface area contributed by atoms with Crippen molar-refractivity contribution >= 4 is 6.03 Å². The molecular weight excluding hydrogens is 361 g/mol. The first-order valence-electron chi connectivity index (χ1n) is 8.66. The van der Waals surface area contributed by atoms with Gasteiger partial charge < -0.3 is 15.3 Å². The van der Waals surface area contributed by atoms with Crippen molar-refractivity contribution in [2.75, 3.05) is 13.1 Å². The maximum absolute atomic E-state index is 13.2. The fraction of sp³-hybridized carbons (Fsp3) is 0.444. The molecule has 1 aromatic carbocycles. The number of benzene rings is 1. The molecule has 27 heavy (non-hydrogen) atoms. The van der Waals surface area contributed by atoms with Crippen LogP contribution in [0.5, 0.6) is 0 Å². The van der Waals surface area contributed by atoms with Crippen LogP contribution in [0.4, 0.5) is 18.0 Å². The predicted octanol–water partition coefficient (Wildman–Crippen LogP) is 3.02. The van der Waals surface area contributed by atoms with Crippen molar-refractivity contribution in [3.8, 4) is 0 Å². The Labute approximate surface area is 153 Å². The second-order valence-corrected chi connectivity index (χ2v) is 6.93. The molecule has 2 unspecified atom stereocenters. The van der Waals surface area contributed by atoms with Crippen molar-refractivity contribution in [3.63, 3.8) is 0 Å². The van der Waals surface area contributed by atoms with E-state index in [0.29, 0.717) is 13.1 Å². The minimum Gasteiger partial charge on any atom is -0.335 e. The van der Waals surface area contributed by atoms with E-state index in [1.54, 1.807) is 24.8 Å². The van der Waals surface area contributed by atoms with E-state index in [0.717, 1.165) is 11.8 Å². The predicted molar refractivity (Wildman–Crippen MR) is 93.6 cm³/mol. The number of aromatic nitrogens is 2. The van der Waals surface area contributed by atoms with Crippen molar-refractivity contribution in [2.24, 2.45) is 0 Å². The zero-order valence-corrected chi connectivity index (χ0v) is 14.9. The van der Waals surface area contributed by atoms with Crippen molar-refractivity contribution in [1.29, 1.82) is 0 Å². The summed E-state index contributed by atoms with van der Waals surface area (Å²) in [6, 6.07) is 6.07. The number of halogens is 3. The molecule has 0 spiro atoms. The largest absolute Gasteiger partial charge is 0.416 e. The molecule has 0 saturated carbocycles. The van der Waals surface area contributed by atoms with Crippen LogP contribution in [0.2, 0.25) is 0 Å². The van der Waals surface area contributed by atoms with Gasteiger partial charge in [0, 0.05) is 42.7 Å². The summed E-state index contributed by atoms with van der Waals surface area (Å²) in [5.74, 6) is -0.460. The number of urea groups is 1. The monoisotopic (exact) mass is 382 g/mol. The van der Waals surface area contributed by atoms with E-state index < -0.39 is 23.7 Å². The Hall–Kier alpha value is -2.71. The minimum absolute atomic E-state index is 0.0494. The van der Waals surface area contributed by atoms with Gasteiger partial charge in [0.15, 0.2) is 0 Å². The molecule has 1 fully saturated rings. The van der Waals surface area contributed by atoms with Crippen LogP contribution < -0.4 is 10.9 Å². The van der Waals surface area contributed by atoms with Gasteiger partial charge in [-0.15, -0.1) is 0 Å². The molecule has 146 valence electrons. The number of H-pyrrole nitrogens is 2. The van der Waals surface area contributed by atoms with E-state index in [2.05, 4.69) is 15.5 Å². The number of hydrogen-bond donors (Lipinski definition) is 3. The quantitative estimate of drug-likeness (QED) is 0.760. The third kappa shape index (κ3) is 4.01. The SMILES string of the molecule is CC(NC(=O)N1CC(c2cc(=O)[nH][nH]2)C1)C(C)c1ccccc1C(F)(F)F. The van der Waals surface area contributed by atoms with Crippen molar-refractivity contribution < 1.29 is 18.0 Å². The molecule has 1 aliphatic heterocycles. The third-order valence-corrected chi connectivity index (χ3v) is 5.08. The molecule has 0 aliphatic carbocycles. The summed E-state index contributed by atoms with van der Waals surface area (Å²) in [4.78, 5) is 25.1. The molecule has 1 aromatic heterocycles. The van der Waals surface area contributed by atoms with Crippen LogP contribution in [0.25, 0.3) is 0 Å². The van der Waals surface area contributed by atoms with Gasteiger partial charge in [-0.05, 0) is 18.6 Å². The number of carbonyl (C=O) groups excluding carboxylic acids is 1. The number of nitrogens with one attached hydrogen (secondary N) is 3. The summed E-state index contributed by atoms with van der Waals surface area (Å²) in [6.07, 6.45) is -4.44. The molecule has 3 N–H and O–H groups in total. The molecule has 6 nitrogen and oxygen atoms in total. The van der Waals surface area contributed by atoms with Crippen LogP contribution in [0.3, 0.4) is 0 Å². The number of nitrogens with zero attached hydrogens (tertiary/aromatic N) is 1. The van der Waals surface area contributed by atoms with E-state index in [9.17, 15) is 22.8 Å². The number of alkyl halides is 3. The van der Waals surface area contributed by atoms with Crippen molar-refractivity contribution in [2.45, 2.75) is 37.9 Å². The number of aromatic amines is 2. The van der Waals surface area contributed by atoms with E-state index in [4.69, 9.17) is 0 Å². The fourth-order valence-electron chi connectivity index (χ4n) is 3.24. The van der Waals surface area contributed by atoms with Crippen molar-refractivity contribution in [1.82, 2.24) is 20.4 Å². The second-order valence-electron chi connectivity index (χ2n) is 6.93. The molecule has 1 saturated heterocycles. The molecule has 2 amide bonds. The summed E-state index contributed by atoms with van der Waals surface area (Å²) < 4.78 is 39.6. The Morgan fingerprint density at radius 2 is 1.89 bits per heavy atom. The van der Waals surface area contributed by atoms with Crippen LogP contribution in [0.1, 0.15) is 42.5 Å². The van der Waals surface area contributed by atoms with Gasteiger partial charge in [-0.1, -0.05) is 25.1 Å². The highest BCUT2D eigenvalue weighted by Crippen LogP contribution is 2.36. The molecule has 0 bridgehead atoms. The van der Waals surface area contributed by atoms with Gasteiger partial charge in [0.05, 0.1) is 5.56 Å². The van der Waals surface area contributed by atoms with Crippen LogP contribution in [0.15, 0.2) is 35.1 Å². The molecule has 9 heteroatoms. The van der Waals surface area contributed by atoms with Gasteiger partial charge in [-0.2, -0.15) is 13.2 Å². The average molecular weight is 382 g/mol. The number of carbonyl (C=O) groups is 1. The fourth-order valence-corrected chi connectivity index (χ4v) is 3.24. The highest BCUT2D eigenvalue weighted by molar-refractivity contribution is 5.75. The lowest BCUT2D eigenvalue weighted by Gasteiger charge is -2.39. The molecule has 2 aromatic rings. The molecule has 1 aliphatic rings. The highest BCUT2D eigenvalue weighted by Gasteiger charge is 2.36. The van der Waals surface area contributed by atoms with Gasteiger partial charge >= 0.3 is 12.2 Å². The zero-order valence-electron chi connectivity index (χ0n) is 14.9. The summed E-state index contributed by atoms with van der Waals surface area (Å²) in [5.41, 5.74) is -0.00791. The van der Waals surface area contributed by atoms with Crippen LogP contribution >= 0.6 is 0 Å². The summed E-state index contributed by atoms with van der Waals surface area (Å²) in [7, 11) is 0. The lowest BCUT2D eigenvalue weighted by Crippen LogP contribution is -2.54. The summed E-state index contributed by atoms with van der Waals surface area (Å²) in [6.45, 7) is 4.25. The Balaban J connectivity index is 1.60. The third-order valence-electron chi connectivity index (χ3n) is 5.08. The zero-order chi connectivity index (χ0) is 19.8. The Bertz CT molecular complexity index is 868. The van der Waals surface area contributed by atoms with E-state index in [-0.39, 0.29) is 23.1 Å². The first-order valence-corrected chi connectivity index (χ1v) is 8.66. The average Bonchev–Trinajstić information content (AvgIpc) is 2.97. The van der Waals surface area contributed by atoms with Crippen LogP contribution in [0, 0.1) is 0 Å². The summed E-state index contributed by atoms with van der Waals surface area (Å²) >= 11 is 0. The Morgan fingerprint density at radius 3 is 2.48 bits per heavy atom. The Kier molecular flexibility index (Phi) is 5.03. The standard InChI is InChI=1S/C18H21F3N4O2/c1-10(13-5-3-4-6-14(13)18(19,20)21)11(2)22-17(27)25-8-12(9-25)15-7-16(26)24-23-15/h3-7,10-12H,8-9H2,1-2H3,(H,22,27)(H2,23,24,26). The van der Waals surface area contributed by atoms with Gasteiger partial charge in [-0.3, -0.25) is 9.89 Å². The minimum atomic E-state index is -4.44.